The summed E-state index contributed by atoms with van der Waals surface area (Å²) in [5.41, 5.74) is 3.48. The zero-order chi connectivity index (χ0) is 19.2. The molecule has 2 aromatic heterocycles. The number of nitriles is 1. The number of hydrogen-bond acceptors (Lipinski definition) is 6. The number of benzene rings is 1. The molecule has 1 N–H and O–H groups in total. The smallest absolute Gasteiger partial charge is 0.227 e. The van der Waals surface area contributed by atoms with Crippen molar-refractivity contribution in [1.82, 2.24) is 24.6 Å². The molecular weight excluding hydrogens is 362 g/mol. The highest BCUT2D eigenvalue weighted by molar-refractivity contribution is 6.32. The van der Waals surface area contributed by atoms with Crippen molar-refractivity contribution >= 4 is 23.2 Å². The van der Waals surface area contributed by atoms with Crippen molar-refractivity contribution in [3.05, 3.63) is 53.4 Å². The molecule has 0 atom stereocenters. The molecule has 0 aliphatic rings. The molecule has 8 heteroatoms. The van der Waals surface area contributed by atoms with Crippen LogP contribution >= 0.6 is 11.6 Å². The van der Waals surface area contributed by atoms with Gasteiger partial charge >= 0.3 is 0 Å². The third-order valence-electron chi connectivity index (χ3n) is 3.79. The molecule has 0 saturated carbocycles. The third-order valence-corrected chi connectivity index (χ3v) is 4.06. The number of anilines is 2. The van der Waals surface area contributed by atoms with Gasteiger partial charge in [0, 0.05) is 24.0 Å². The van der Waals surface area contributed by atoms with Crippen LogP contribution in [0.15, 0.2) is 42.9 Å². The lowest BCUT2D eigenvalue weighted by molar-refractivity contribution is 0.402. The zero-order valence-electron chi connectivity index (χ0n) is 15.2. The fourth-order valence-electron chi connectivity index (χ4n) is 2.64. The van der Waals surface area contributed by atoms with Crippen LogP contribution in [0.25, 0.3) is 11.3 Å². The quantitative estimate of drug-likeness (QED) is 0.671. The monoisotopic (exact) mass is 381 g/mol. The van der Waals surface area contributed by atoms with Gasteiger partial charge < -0.3 is 10.2 Å². The Morgan fingerprint density at radius 1 is 1.30 bits per heavy atom. The van der Waals surface area contributed by atoms with Crippen LogP contribution in [0.5, 0.6) is 0 Å². The highest BCUT2D eigenvalue weighted by Crippen LogP contribution is 2.27. The van der Waals surface area contributed by atoms with E-state index in [0.717, 1.165) is 17.8 Å². The zero-order valence-corrected chi connectivity index (χ0v) is 16.0. The molecule has 0 radical (unpaired) electrons. The number of nitrogens with one attached hydrogen (secondary N) is 1. The fraction of sp³-hybridized carbons (Fsp3) is 0.263. The summed E-state index contributed by atoms with van der Waals surface area (Å²) in [5.74, 6) is 0.459. The van der Waals surface area contributed by atoms with Crippen LogP contribution in [0.4, 0.5) is 11.6 Å². The molecule has 3 rings (SSSR count). The van der Waals surface area contributed by atoms with E-state index in [1.165, 1.54) is 5.56 Å². The molecule has 2 heterocycles. The van der Waals surface area contributed by atoms with Gasteiger partial charge in [0.1, 0.15) is 0 Å². The van der Waals surface area contributed by atoms with E-state index < -0.39 is 0 Å². The Kier molecular flexibility index (Phi) is 6.01. The number of aryl methyl sites for hydroxylation is 1. The van der Waals surface area contributed by atoms with Crippen LogP contribution < -0.4 is 5.32 Å². The average Bonchev–Trinajstić information content (AvgIpc) is 3.10. The van der Waals surface area contributed by atoms with Gasteiger partial charge in [-0.15, -0.1) is 0 Å². The Morgan fingerprint density at radius 3 is 2.93 bits per heavy atom. The average molecular weight is 382 g/mol. The van der Waals surface area contributed by atoms with Crippen LogP contribution in [0.2, 0.25) is 5.02 Å². The SMILES string of the molecule is CN(C)Cc1cccc(Nc2ncc(Cl)c(-c3cnn(CCC#N)c3)n2)c1. The van der Waals surface area contributed by atoms with E-state index >= 15 is 0 Å². The first kappa shape index (κ1) is 18.8. The molecule has 0 saturated heterocycles. The summed E-state index contributed by atoms with van der Waals surface area (Å²) in [4.78, 5) is 10.9. The van der Waals surface area contributed by atoms with Crippen LogP contribution in [0, 0.1) is 11.3 Å². The lowest BCUT2D eigenvalue weighted by Gasteiger charge is -2.12. The molecule has 0 unspecified atom stereocenters. The Bertz CT molecular complexity index is 959. The second kappa shape index (κ2) is 8.62. The van der Waals surface area contributed by atoms with Gasteiger partial charge in [-0.2, -0.15) is 10.4 Å². The Hall–Kier alpha value is -2.95. The number of aromatic nitrogens is 4. The van der Waals surface area contributed by atoms with Gasteiger partial charge in [0.25, 0.3) is 0 Å². The molecule has 0 bridgehead atoms. The van der Waals surface area contributed by atoms with Crippen LogP contribution in [0.1, 0.15) is 12.0 Å². The van der Waals surface area contributed by atoms with Crippen molar-refractivity contribution in [2.75, 3.05) is 19.4 Å². The Labute approximate surface area is 163 Å². The predicted octanol–water partition coefficient (Wildman–Crippen LogP) is 3.71. The third kappa shape index (κ3) is 5.03. The molecule has 27 heavy (non-hydrogen) atoms. The normalized spacial score (nSPS) is 10.8. The summed E-state index contributed by atoms with van der Waals surface area (Å²) < 4.78 is 1.70. The lowest BCUT2D eigenvalue weighted by atomic mass is 10.2. The van der Waals surface area contributed by atoms with E-state index in [2.05, 4.69) is 43.5 Å². The van der Waals surface area contributed by atoms with E-state index in [9.17, 15) is 0 Å². The van der Waals surface area contributed by atoms with Gasteiger partial charge in [-0.3, -0.25) is 4.68 Å². The summed E-state index contributed by atoms with van der Waals surface area (Å²) in [6.45, 7) is 1.38. The molecule has 0 spiro atoms. The molecule has 0 aliphatic heterocycles. The van der Waals surface area contributed by atoms with E-state index in [-0.39, 0.29) is 0 Å². The van der Waals surface area contributed by atoms with Gasteiger partial charge in [-0.05, 0) is 31.8 Å². The predicted molar refractivity (Wildman–Crippen MR) is 106 cm³/mol. The maximum absolute atomic E-state index is 8.70. The van der Waals surface area contributed by atoms with Crippen molar-refractivity contribution in [1.29, 1.82) is 5.26 Å². The first-order valence-electron chi connectivity index (χ1n) is 8.48. The minimum atomic E-state index is 0.398. The summed E-state index contributed by atoms with van der Waals surface area (Å²) in [7, 11) is 4.07. The number of nitrogens with zero attached hydrogens (tertiary/aromatic N) is 6. The summed E-state index contributed by atoms with van der Waals surface area (Å²) in [6, 6.07) is 10.2. The highest BCUT2D eigenvalue weighted by Gasteiger charge is 2.11. The molecule has 138 valence electrons. The standard InChI is InChI=1S/C19H20ClN7/c1-26(2)12-14-5-3-6-16(9-14)24-19-22-11-17(20)18(25-19)15-10-23-27(13-15)8-4-7-21/h3,5-6,9-11,13H,4,8,12H2,1-2H3,(H,22,24,25). The maximum Gasteiger partial charge on any atom is 0.227 e. The van der Waals surface area contributed by atoms with E-state index in [4.69, 9.17) is 16.9 Å². The number of halogens is 1. The van der Waals surface area contributed by atoms with E-state index in [1.54, 1.807) is 17.1 Å². The van der Waals surface area contributed by atoms with Gasteiger partial charge in [0.2, 0.25) is 5.95 Å². The van der Waals surface area contributed by atoms with Crippen LogP contribution in [-0.4, -0.2) is 38.7 Å². The van der Waals surface area contributed by atoms with Crippen molar-refractivity contribution in [2.24, 2.45) is 0 Å². The number of rotatable bonds is 7. The Morgan fingerprint density at radius 2 is 2.15 bits per heavy atom. The first-order chi connectivity index (χ1) is 13.0. The van der Waals surface area contributed by atoms with Crippen molar-refractivity contribution in [3.8, 4) is 17.3 Å². The van der Waals surface area contributed by atoms with Gasteiger partial charge in [-0.25, -0.2) is 9.97 Å². The maximum atomic E-state index is 8.70. The van der Waals surface area contributed by atoms with E-state index in [1.807, 2.05) is 32.4 Å². The van der Waals surface area contributed by atoms with Crippen molar-refractivity contribution in [2.45, 2.75) is 19.5 Å². The lowest BCUT2D eigenvalue weighted by Crippen LogP contribution is -2.10. The Balaban J connectivity index is 1.81. The molecule has 3 aromatic rings. The van der Waals surface area contributed by atoms with Crippen molar-refractivity contribution in [3.63, 3.8) is 0 Å². The number of hydrogen-bond donors (Lipinski definition) is 1. The fourth-order valence-corrected chi connectivity index (χ4v) is 2.84. The summed E-state index contributed by atoms with van der Waals surface area (Å²) >= 11 is 6.28. The summed E-state index contributed by atoms with van der Waals surface area (Å²) in [5, 5.41) is 16.6. The minimum absolute atomic E-state index is 0.398. The highest BCUT2D eigenvalue weighted by atomic mass is 35.5. The van der Waals surface area contributed by atoms with Crippen molar-refractivity contribution < 1.29 is 0 Å². The van der Waals surface area contributed by atoms with Gasteiger partial charge in [-0.1, -0.05) is 23.7 Å². The van der Waals surface area contributed by atoms with Crippen LogP contribution in [0.3, 0.4) is 0 Å². The van der Waals surface area contributed by atoms with E-state index in [0.29, 0.717) is 29.6 Å². The topological polar surface area (TPSA) is 82.7 Å². The second-order valence-corrected chi connectivity index (χ2v) is 6.76. The first-order valence-corrected chi connectivity index (χ1v) is 8.86. The molecule has 0 fully saturated rings. The molecule has 7 nitrogen and oxygen atoms in total. The van der Waals surface area contributed by atoms with Crippen LogP contribution in [-0.2, 0) is 13.1 Å². The second-order valence-electron chi connectivity index (χ2n) is 6.35. The molecular formula is C19H20ClN7. The molecule has 1 aromatic carbocycles. The molecule has 0 aliphatic carbocycles. The largest absolute Gasteiger partial charge is 0.324 e. The summed E-state index contributed by atoms with van der Waals surface area (Å²) in [6.07, 6.45) is 5.48. The molecule has 0 amide bonds. The minimum Gasteiger partial charge on any atom is -0.324 e. The van der Waals surface area contributed by atoms with Gasteiger partial charge in [0.15, 0.2) is 0 Å². The van der Waals surface area contributed by atoms with Gasteiger partial charge in [0.05, 0.1) is 42.1 Å².